The summed E-state index contributed by atoms with van der Waals surface area (Å²) < 4.78 is 6.95. The minimum atomic E-state index is -1.08. The number of imidazole rings is 2. The molecule has 0 spiro atoms. The molecule has 50 heavy (non-hydrogen) atoms. The van der Waals surface area contributed by atoms with E-state index >= 15 is 0 Å². The fourth-order valence-electron chi connectivity index (χ4n) is 6.00. The lowest BCUT2D eigenvalue weighted by Crippen LogP contribution is -2.20. The number of nitrogens with one attached hydrogen (secondary N) is 2. The monoisotopic (exact) mass is 679 g/mol. The number of carboxylic acids is 1. The fourth-order valence-corrected chi connectivity index (χ4v) is 6.00. The van der Waals surface area contributed by atoms with Crippen LogP contribution < -0.4 is 16.4 Å². The third kappa shape index (κ3) is 6.54. The number of unbranched alkanes of at least 4 members (excludes halogenated alkanes) is 1. The van der Waals surface area contributed by atoms with Crippen LogP contribution in [0.1, 0.15) is 79.8 Å². The number of anilines is 2. The maximum atomic E-state index is 13.4. The normalized spacial score (nSPS) is 11.4. The predicted molar refractivity (Wildman–Crippen MR) is 185 cm³/mol. The number of aromatic carboxylic acids is 1. The van der Waals surface area contributed by atoms with Crippen molar-refractivity contribution >= 4 is 57.7 Å². The van der Waals surface area contributed by atoms with Crippen LogP contribution in [-0.4, -0.2) is 67.5 Å². The molecule has 3 amide bonds. The smallest absolute Gasteiger partial charge is 0.335 e. The molecule has 2 aromatic carbocycles. The molecule has 0 aliphatic rings. The van der Waals surface area contributed by atoms with Crippen LogP contribution >= 0.6 is 0 Å². The second-order valence-electron chi connectivity index (χ2n) is 11.8. The van der Waals surface area contributed by atoms with Crippen molar-refractivity contribution in [3.05, 3.63) is 82.4 Å². The Morgan fingerprint density at radius 3 is 1.56 bits per heavy atom. The van der Waals surface area contributed by atoms with Crippen molar-refractivity contribution in [2.75, 3.05) is 10.6 Å². The van der Waals surface area contributed by atoms with Crippen molar-refractivity contribution < 1.29 is 24.3 Å². The Kier molecular flexibility index (Phi) is 9.17. The molecule has 6 aromatic rings. The van der Waals surface area contributed by atoms with E-state index in [0.717, 1.165) is 0 Å². The molecule has 0 radical (unpaired) electrons. The van der Waals surface area contributed by atoms with Gasteiger partial charge < -0.3 is 20.0 Å². The van der Waals surface area contributed by atoms with Crippen LogP contribution in [0.5, 0.6) is 0 Å². The zero-order chi connectivity index (χ0) is 35.7. The summed E-state index contributed by atoms with van der Waals surface area (Å²) >= 11 is 0. The number of rotatable bonds is 13. The molecule has 0 aliphatic carbocycles. The molecular formula is C34H37N11O5. The summed E-state index contributed by atoms with van der Waals surface area (Å²) in [6.45, 7) is 9.31. The molecule has 5 N–H and O–H groups in total. The average molecular weight is 680 g/mol. The number of aryl methyl sites for hydroxylation is 6. The number of amides is 3. The Hall–Kier alpha value is -6.32. The molecule has 258 valence electrons. The summed E-state index contributed by atoms with van der Waals surface area (Å²) in [4.78, 5) is 59.5. The van der Waals surface area contributed by atoms with Gasteiger partial charge in [0.25, 0.3) is 11.8 Å². The lowest BCUT2D eigenvalue weighted by atomic mass is 10.2. The Balaban J connectivity index is 1.27. The first-order chi connectivity index (χ1) is 24.0. The maximum absolute atomic E-state index is 13.4. The molecule has 0 aliphatic heterocycles. The van der Waals surface area contributed by atoms with E-state index in [-0.39, 0.29) is 23.3 Å². The molecule has 0 atom stereocenters. The number of benzene rings is 2. The van der Waals surface area contributed by atoms with Gasteiger partial charge in [-0.2, -0.15) is 10.2 Å². The van der Waals surface area contributed by atoms with E-state index in [1.807, 2.05) is 36.8 Å². The molecule has 0 bridgehead atoms. The van der Waals surface area contributed by atoms with Crippen LogP contribution in [0.25, 0.3) is 22.1 Å². The average Bonchev–Trinajstić information content (AvgIpc) is 3.84. The Bertz CT molecular complexity index is 2130. The van der Waals surface area contributed by atoms with Gasteiger partial charge >= 0.3 is 5.97 Å². The van der Waals surface area contributed by atoms with Gasteiger partial charge in [0, 0.05) is 31.7 Å². The number of primary amides is 1. The van der Waals surface area contributed by atoms with Crippen LogP contribution in [0, 0.1) is 13.8 Å². The zero-order valence-corrected chi connectivity index (χ0v) is 28.1. The van der Waals surface area contributed by atoms with Gasteiger partial charge in [0.05, 0.1) is 39.0 Å². The number of nitrogens with two attached hydrogens (primary N) is 1. The summed E-state index contributed by atoms with van der Waals surface area (Å²) in [5.41, 5.74) is 10.4. The van der Waals surface area contributed by atoms with Gasteiger partial charge in [-0.3, -0.25) is 34.4 Å². The van der Waals surface area contributed by atoms with Crippen molar-refractivity contribution in [3.8, 4) is 0 Å². The fraction of sp³-hybridized carbons (Fsp3) is 0.294. The first kappa shape index (κ1) is 33.6. The number of carboxylic acid groups (broad SMARTS) is 1. The molecule has 0 unspecified atom stereocenters. The summed E-state index contributed by atoms with van der Waals surface area (Å²) in [7, 11) is 0. The van der Waals surface area contributed by atoms with E-state index in [4.69, 9.17) is 5.73 Å². The number of hydrogen-bond acceptors (Lipinski definition) is 8. The molecule has 0 saturated heterocycles. The van der Waals surface area contributed by atoms with Crippen LogP contribution in [0.3, 0.4) is 0 Å². The summed E-state index contributed by atoms with van der Waals surface area (Å²) in [6, 6.07) is 13.0. The lowest BCUT2D eigenvalue weighted by Gasteiger charge is -2.13. The van der Waals surface area contributed by atoms with Gasteiger partial charge in [-0.25, -0.2) is 14.8 Å². The highest BCUT2D eigenvalue weighted by Crippen LogP contribution is 2.25. The molecule has 16 heteroatoms. The van der Waals surface area contributed by atoms with Crippen molar-refractivity contribution in [2.45, 2.75) is 66.7 Å². The highest BCUT2D eigenvalue weighted by Gasteiger charge is 2.21. The second-order valence-corrected chi connectivity index (χ2v) is 11.8. The predicted octanol–water partition coefficient (Wildman–Crippen LogP) is 4.22. The maximum Gasteiger partial charge on any atom is 0.335 e. The van der Waals surface area contributed by atoms with Crippen molar-refractivity contribution in [2.24, 2.45) is 5.73 Å². The van der Waals surface area contributed by atoms with E-state index in [0.29, 0.717) is 95.4 Å². The van der Waals surface area contributed by atoms with E-state index < -0.39 is 11.9 Å². The Labute approximate surface area is 285 Å². The Morgan fingerprint density at radius 1 is 0.700 bits per heavy atom. The highest BCUT2D eigenvalue weighted by atomic mass is 16.4. The quantitative estimate of drug-likeness (QED) is 0.129. The van der Waals surface area contributed by atoms with E-state index in [1.54, 1.807) is 45.8 Å². The summed E-state index contributed by atoms with van der Waals surface area (Å²) in [6.07, 6.45) is 1.22. The van der Waals surface area contributed by atoms with Crippen LogP contribution in [0.2, 0.25) is 0 Å². The third-order valence-electron chi connectivity index (χ3n) is 8.36. The van der Waals surface area contributed by atoms with Gasteiger partial charge in [-0.1, -0.05) is 0 Å². The van der Waals surface area contributed by atoms with E-state index in [9.17, 15) is 24.3 Å². The van der Waals surface area contributed by atoms with Gasteiger partial charge in [0.2, 0.25) is 17.8 Å². The van der Waals surface area contributed by atoms with Crippen molar-refractivity contribution in [1.82, 2.24) is 38.7 Å². The number of aromatic nitrogens is 8. The largest absolute Gasteiger partial charge is 0.478 e. The topological polar surface area (TPSA) is 210 Å². The Morgan fingerprint density at radius 2 is 1.14 bits per heavy atom. The first-order valence-electron chi connectivity index (χ1n) is 16.2. The van der Waals surface area contributed by atoms with Crippen molar-refractivity contribution in [1.29, 1.82) is 0 Å². The molecule has 16 nitrogen and oxygen atoms in total. The zero-order valence-electron chi connectivity index (χ0n) is 28.1. The van der Waals surface area contributed by atoms with Crippen LogP contribution in [-0.2, 0) is 26.2 Å². The lowest BCUT2D eigenvalue weighted by molar-refractivity contribution is 0.0696. The standard InChI is InChI=1S/C34H37N11O5/c1-5-44-27(15-19(3)40-44)30(47)38-33-36-23-17-21(29(35)46)9-11-25(23)42(33)13-7-8-14-43-26-12-10-22(32(49)50)18-24(26)37-34(43)39-31(48)28-16-20(4)41-45(28)6-2/h9-12,15-18H,5-8,13-14H2,1-4H3,(H2,35,46)(H,49,50)(H,36,38,47)(H,37,39,48). The van der Waals surface area contributed by atoms with Gasteiger partial charge in [0.1, 0.15) is 11.4 Å². The first-order valence-corrected chi connectivity index (χ1v) is 16.2. The second kappa shape index (κ2) is 13.7. The van der Waals surface area contributed by atoms with Crippen molar-refractivity contribution in [3.63, 3.8) is 0 Å². The molecule has 0 fully saturated rings. The molecule has 4 aromatic heterocycles. The molecule has 4 heterocycles. The van der Waals surface area contributed by atoms with Gasteiger partial charge in [-0.15, -0.1) is 0 Å². The number of hydrogen-bond donors (Lipinski definition) is 4. The van der Waals surface area contributed by atoms with Crippen LogP contribution in [0.15, 0.2) is 48.5 Å². The molecular weight excluding hydrogens is 642 g/mol. The SMILES string of the molecule is CCn1nc(C)cc1C(=O)Nc1nc2cc(C(N)=O)ccc2n1CCCCn1c(NC(=O)c2cc(C)nn2CC)nc2cc(C(=O)O)ccc21. The summed E-state index contributed by atoms with van der Waals surface area (Å²) in [5.74, 6) is -1.85. The van der Waals surface area contributed by atoms with Gasteiger partial charge in [-0.05, 0) is 89.1 Å². The summed E-state index contributed by atoms with van der Waals surface area (Å²) in [5, 5.41) is 24.1. The molecule has 6 rings (SSSR count). The highest BCUT2D eigenvalue weighted by molar-refractivity contribution is 6.04. The molecule has 0 saturated carbocycles. The third-order valence-corrected chi connectivity index (χ3v) is 8.36. The number of carbonyl (C=O) groups is 4. The van der Waals surface area contributed by atoms with Crippen LogP contribution in [0.4, 0.5) is 11.9 Å². The minimum absolute atomic E-state index is 0.0814. The number of carbonyl (C=O) groups excluding carboxylic acids is 3. The van der Waals surface area contributed by atoms with E-state index in [1.165, 1.54) is 12.1 Å². The minimum Gasteiger partial charge on any atom is -0.478 e. The number of nitrogens with zero attached hydrogens (tertiary/aromatic N) is 8. The van der Waals surface area contributed by atoms with Gasteiger partial charge in [0.15, 0.2) is 0 Å². The number of fused-ring (bicyclic) bond motifs is 2. The van der Waals surface area contributed by atoms with E-state index in [2.05, 4.69) is 30.8 Å².